The first kappa shape index (κ1) is 15.9. The van der Waals surface area contributed by atoms with Gasteiger partial charge in [0.05, 0.1) is 18.8 Å². The molecule has 0 aromatic carbocycles. The average Bonchev–Trinajstić information content (AvgIpc) is 2.42. The molecule has 4 heteroatoms. The van der Waals surface area contributed by atoms with Crippen LogP contribution in [-0.2, 0) is 9.53 Å². The summed E-state index contributed by atoms with van der Waals surface area (Å²) in [6.45, 7) is 7.38. The molecule has 0 radical (unpaired) electrons. The van der Waals surface area contributed by atoms with E-state index in [4.69, 9.17) is 4.74 Å². The lowest BCUT2D eigenvalue weighted by Gasteiger charge is -2.57. The molecule has 1 heterocycles. The number of rotatable bonds is 4. The molecule has 4 saturated carbocycles. The fraction of sp³-hybridized carbons (Fsp3) is 0.947. The van der Waals surface area contributed by atoms with Gasteiger partial charge in [-0.2, -0.15) is 0 Å². The van der Waals surface area contributed by atoms with Gasteiger partial charge < -0.3 is 10.1 Å². The fourth-order valence-corrected chi connectivity index (χ4v) is 6.47. The Balaban J connectivity index is 1.28. The SMILES string of the molecule is C[C@@H]1CN(CC(=O)NCC23CC4CC(CC(C4)C2)C3)C[C@H](C)O1. The topological polar surface area (TPSA) is 41.6 Å². The highest BCUT2D eigenvalue weighted by Crippen LogP contribution is 2.59. The lowest BCUT2D eigenvalue weighted by Crippen LogP contribution is -2.53. The second-order valence-corrected chi connectivity index (χ2v) is 9.15. The van der Waals surface area contributed by atoms with Gasteiger partial charge in [0, 0.05) is 19.6 Å². The van der Waals surface area contributed by atoms with Crippen molar-refractivity contribution >= 4 is 5.91 Å². The molecule has 4 aliphatic carbocycles. The summed E-state index contributed by atoms with van der Waals surface area (Å²) in [4.78, 5) is 14.7. The monoisotopic (exact) mass is 320 g/mol. The van der Waals surface area contributed by atoms with Gasteiger partial charge in [0.1, 0.15) is 0 Å². The minimum Gasteiger partial charge on any atom is -0.373 e. The van der Waals surface area contributed by atoms with Gasteiger partial charge in [-0.15, -0.1) is 0 Å². The maximum Gasteiger partial charge on any atom is 0.234 e. The molecular weight excluding hydrogens is 288 g/mol. The van der Waals surface area contributed by atoms with Crippen LogP contribution in [0.2, 0.25) is 0 Å². The standard InChI is InChI=1S/C19H32N2O2/c1-13-9-21(10-14(2)23-13)11-18(22)20-12-19-6-15-3-16(7-19)5-17(4-15)8-19/h13-17H,3-12H2,1-2H3,(H,20,22)/t13-,14+,15?,16?,17?,19?. The van der Waals surface area contributed by atoms with Crippen LogP contribution in [0.25, 0.3) is 0 Å². The highest BCUT2D eigenvalue weighted by Gasteiger charge is 2.50. The van der Waals surface area contributed by atoms with Crippen LogP contribution in [0.1, 0.15) is 52.4 Å². The lowest BCUT2D eigenvalue weighted by molar-refractivity contribution is -0.128. The first-order chi connectivity index (χ1) is 11.0. The highest BCUT2D eigenvalue weighted by molar-refractivity contribution is 5.78. The van der Waals surface area contributed by atoms with Gasteiger partial charge in [0.25, 0.3) is 0 Å². The molecule has 4 nitrogen and oxygen atoms in total. The normalized spacial score (nSPS) is 46.1. The molecule has 1 saturated heterocycles. The Bertz CT molecular complexity index is 419. The van der Waals surface area contributed by atoms with Crippen molar-refractivity contribution in [3.05, 3.63) is 0 Å². The van der Waals surface area contributed by atoms with Crippen molar-refractivity contribution in [2.75, 3.05) is 26.2 Å². The second kappa shape index (κ2) is 6.03. The third-order valence-electron chi connectivity index (χ3n) is 6.69. The molecule has 4 bridgehead atoms. The smallest absolute Gasteiger partial charge is 0.234 e. The van der Waals surface area contributed by atoms with Gasteiger partial charge in [0.15, 0.2) is 0 Å². The maximum absolute atomic E-state index is 12.4. The third-order valence-corrected chi connectivity index (χ3v) is 6.69. The first-order valence-corrected chi connectivity index (χ1v) is 9.64. The maximum atomic E-state index is 12.4. The van der Waals surface area contributed by atoms with Gasteiger partial charge in [-0.25, -0.2) is 0 Å². The molecular formula is C19H32N2O2. The van der Waals surface area contributed by atoms with Crippen molar-refractivity contribution < 1.29 is 9.53 Å². The summed E-state index contributed by atoms with van der Waals surface area (Å²) in [6, 6.07) is 0. The predicted octanol–water partition coefficient (Wildman–Crippen LogP) is 2.43. The van der Waals surface area contributed by atoms with Crippen LogP contribution in [0.5, 0.6) is 0 Å². The molecule has 23 heavy (non-hydrogen) atoms. The van der Waals surface area contributed by atoms with E-state index in [0.29, 0.717) is 12.0 Å². The van der Waals surface area contributed by atoms with Crippen molar-refractivity contribution in [2.45, 2.75) is 64.6 Å². The van der Waals surface area contributed by atoms with E-state index in [1.165, 1.54) is 38.5 Å². The number of carbonyl (C=O) groups excluding carboxylic acids is 1. The zero-order valence-corrected chi connectivity index (χ0v) is 14.7. The molecule has 1 aliphatic heterocycles. The molecule has 1 N–H and O–H groups in total. The zero-order valence-electron chi connectivity index (χ0n) is 14.7. The van der Waals surface area contributed by atoms with E-state index >= 15 is 0 Å². The Morgan fingerprint density at radius 1 is 1.04 bits per heavy atom. The lowest BCUT2D eigenvalue weighted by atomic mass is 9.49. The van der Waals surface area contributed by atoms with Crippen LogP contribution >= 0.6 is 0 Å². The van der Waals surface area contributed by atoms with E-state index < -0.39 is 0 Å². The summed E-state index contributed by atoms with van der Waals surface area (Å²) in [5, 5.41) is 3.30. The highest BCUT2D eigenvalue weighted by atomic mass is 16.5. The van der Waals surface area contributed by atoms with E-state index in [9.17, 15) is 4.79 Å². The summed E-state index contributed by atoms with van der Waals surface area (Å²) in [5.41, 5.74) is 0.440. The van der Waals surface area contributed by atoms with Crippen molar-refractivity contribution in [3.8, 4) is 0 Å². The Kier molecular flexibility index (Phi) is 4.17. The Morgan fingerprint density at radius 3 is 2.09 bits per heavy atom. The van der Waals surface area contributed by atoms with Crippen LogP contribution in [0.4, 0.5) is 0 Å². The Morgan fingerprint density at radius 2 is 1.57 bits per heavy atom. The molecule has 0 unspecified atom stereocenters. The average molecular weight is 320 g/mol. The van der Waals surface area contributed by atoms with Crippen molar-refractivity contribution in [2.24, 2.45) is 23.2 Å². The van der Waals surface area contributed by atoms with Crippen LogP contribution < -0.4 is 5.32 Å². The Hall–Kier alpha value is -0.610. The molecule has 1 amide bonds. The van der Waals surface area contributed by atoms with Gasteiger partial charge in [-0.05, 0) is 75.5 Å². The van der Waals surface area contributed by atoms with Gasteiger partial charge in [0.2, 0.25) is 5.91 Å². The minimum absolute atomic E-state index is 0.210. The molecule has 130 valence electrons. The number of carbonyl (C=O) groups is 1. The Labute approximate surface area is 140 Å². The number of morpholine rings is 1. The minimum atomic E-state index is 0.210. The van der Waals surface area contributed by atoms with Crippen LogP contribution in [-0.4, -0.2) is 49.2 Å². The van der Waals surface area contributed by atoms with E-state index in [0.717, 1.165) is 37.4 Å². The van der Waals surface area contributed by atoms with E-state index in [1.54, 1.807) is 0 Å². The van der Waals surface area contributed by atoms with Crippen molar-refractivity contribution in [1.82, 2.24) is 10.2 Å². The summed E-state index contributed by atoms with van der Waals surface area (Å²) in [5.74, 6) is 3.08. The quantitative estimate of drug-likeness (QED) is 0.865. The fourth-order valence-electron chi connectivity index (χ4n) is 6.47. The summed E-state index contributed by atoms with van der Waals surface area (Å²) in [7, 11) is 0. The zero-order chi connectivity index (χ0) is 16.0. The van der Waals surface area contributed by atoms with Gasteiger partial charge in [-0.1, -0.05) is 0 Å². The molecule has 0 aromatic heterocycles. The molecule has 0 spiro atoms. The second-order valence-electron chi connectivity index (χ2n) is 9.15. The van der Waals surface area contributed by atoms with Crippen molar-refractivity contribution in [1.29, 1.82) is 0 Å². The van der Waals surface area contributed by atoms with Crippen molar-refractivity contribution in [3.63, 3.8) is 0 Å². The molecule has 5 rings (SSSR count). The first-order valence-electron chi connectivity index (χ1n) is 9.64. The van der Waals surface area contributed by atoms with E-state index in [-0.39, 0.29) is 18.1 Å². The summed E-state index contributed by atoms with van der Waals surface area (Å²) >= 11 is 0. The van der Waals surface area contributed by atoms with E-state index in [1.807, 2.05) is 0 Å². The largest absolute Gasteiger partial charge is 0.373 e. The number of nitrogens with one attached hydrogen (secondary N) is 1. The third kappa shape index (κ3) is 3.43. The van der Waals surface area contributed by atoms with Crippen LogP contribution in [0, 0.1) is 23.2 Å². The summed E-state index contributed by atoms with van der Waals surface area (Å²) < 4.78 is 5.75. The summed E-state index contributed by atoms with van der Waals surface area (Å²) in [6.07, 6.45) is 8.97. The number of amides is 1. The molecule has 5 fully saturated rings. The predicted molar refractivity (Wildman–Crippen MR) is 90.1 cm³/mol. The molecule has 0 aromatic rings. The number of ether oxygens (including phenoxy) is 1. The van der Waals surface area contributed by atoms with Crippen LogP contribution in [0.3, 0.4) is 0 Å². The molecule has 2 atom stereocenters. The van der Waals surface area contributed by atoms with Crippen LogP contribution in [0.15, 0.2) is 0 Å². The van der Waals surface area contributed by atoms with Gasteiger partial charge >= 0.3 is 0 Å². The molecule has 5 aliphatic rings. The number of nitrogens with zero attached hydrogens (tertiary/aromatic N) is 1. The van der Waals surface area contributed by atoms with Gasteiger partial charge in [-0.3, -0.25) is 9.69 Å². The van der Waals surface area contributed by atoms with E-state index in [2.05, 4.69) is 24.1 Å². The number of hydrogen-bond donors (Lipinski definition) is 1. The number of hydrogen-bond acceptors (Lipinski definition) is 3.